The Kier molecular flexibility index (Phi) is 7.21. The zero-order valence-electron chi connectivity index (χ0n) is 19.2. The Morgan fingerprint density at radius 2 is 1.54 bits per heavy atom. The number of halogens is 1. The van der Waals surface area contributed by atoms with Crippen molar-refractivity contribution in [2.45, 2.75) is 25.8 Å². The number of aromatic carboxylic acids is 1. The molecular formula is C27H25BrN2O5. The molecule has 3 aromatic rings. The Morgan fingerprint density at radius 1 is 0.943 bits per heavy atom. The van der Waals surface area contributed by atoms with Crippen LogP contribution in [0.15, 0.2) is 71.2 Å². The third kappa shape index (κ3) is 5.07. The first-order valence-electron chi connectivity index (χ1n) is 11.2. The van der Waals surface area contributed by atoms with Gasteiger partial charge in [-0.25, -0.2) is 9.59 Å². The Hall–Kier alpha value is -3.65. The molecule has 0 aliphatic heterocycles. The van der Waals surface area contributed by atoms with Crippen LogP contribution in [-0.4, -0.2) is 35.7 Å². The quantitative estimate of drug-likeness (QED) is 0.362. The van der Waals surface area contributed by atoms with Crippen molar-refractivity contribution < 1.29 is 24.2 Å². The maximum Gasteiger partial charge on any atom is 0.407 e. The van der Waals surface area contributed by atoms with Gasteiger partial charge in [0.1, 0.15) is 12.6 Å². The van der Waals surface area contributed by atoms with E-state index in [0.29, 0.717) is 4.47 Å². The van der Waals surface area contributed by atoms with E-state index in [-0.39, 0.29) is 29.7 Å². The van der Waals surface area contributed by atoms with Crippen molar-refractivity contribution in [2.24, 2.45) is 5.92 Å². The lowest BCUT2D eigenvalue weighted by Crippen LogP contribution is -2.47. The van der Waals surface area contributed by atoms with E-state index in [1.807, 2.05) is 36.4 Å². The molecule has 0 saturated carbocycles. The lowest BCUT2D eigenvalue weighted by molar-refractivity contribution is -0.119. The number of fused-ring (bicyclic) bond motifs is 3. The number of carbonyl (C=O) groups excluding carboxylic acids is 2. The third-order valence-corrected chi connectivity index (χ3v) is 6.72. The number of rotatable bonds is 7. The van der Waals surface area contributed by atoms with Gasteiger partial charge in [-0.3, -0.25) is 4.79 Å². The second-order valence-electron chi connectivity index (χ2n) is 8.65. The summed E-state index contributed by atoms with van der Waals surface area (Å²) in [5.41, 5.74) is 4.50. The van der Waals surface area contributed by atoms with Gasteiger partial charge in [-0.2, -0.15) is 0 Å². The molecule has 4 rings (SSSR count). The summed E-state index contributed by atoms with van der Waals surface area (Å²) < 4.78 is 6.00. The number of amides is 2. The molecule has 8 heteroatoms. The van der Waals surface area contributed by atoms with Crippen molar-refractivity contribution in [1.82, 2.24) is 5.32 Å². The van der Waals surface area contributed by atoms with E-state index in [0.717, 1.165) is 22.3 Å². The molecule has 0 radical (unpaired) electrons. The van der Waals surface area contributed by atoms with E-state index >= 15 is 0 Å². The lowest BCUT2D eigenvalue weighted by Gasteiger charge is -2.23. The van der Waals surface area contributed by atoms with Crippen LogP contribution in [0.1, 0.15) is 41.3 Å². The van der Waals surface area contributed by atoms with Gasteiger partial charge < -0.3 is 20.5 Å². The summed E-state index contributed by atoms with van der Waals surface area (Å²) >= 11 is 3.28. The first-order chi connectivity index (χ1) is 16.8. The van der Waals surface area contributed by atoms with Crippen molar-refractivity contribution in [1.29, 1.82) is 0 Å². The predicted octanol–water partition coefficient (Wildman–Crippen LogP) is 5.65. The molecule has 1 aliphatic rings. The van der Waals surface area contributed by atoms with Gasteiger partial charge in [0.2, 0.25) is 5.91 Å². The van der Waals surface area contributed by atoms with Crippen molar-refractivity contribution >= 4 is 39.6 Å². The fourth-order valence-electron chi connectivity index (χ4n) is 4.33. The van der Waals surface area contributed by atoms with Gasteiger partial charge in [-0.1, -0.05) is 68.4 Å². The number of carboxylic acids is 1. The molecular weight excluding hydrogens is 512 g/mol. The molecule has 0 bridgehead atoms. The average molecular weight is 537 g/mol. The number of carboxylic acid groups (broad SMARTS) is 1. The maximum atomic E-state index is 13.0. The summed E-state index contributed by atoms with van der Waals surface area (Å²) in [5, 5.41) is 14.7. The van der Waals surface area contributed by atoms with E-state index in [4.69, 9.17) is 4.74 Å². The Balaban J connectivity index is 1.45. The van der Waals surface area contributed by atoms with Crippen LogP contribution in [0.2, 0.25) is 0 Å². The SMILES string of the molecule is CC(C)C(NC(=O)OCC1c2ccccc2-c2ccccc21)C(=O)Nc1c(Br)cccc1C(=O)O. The molecule has 180 valence electrons. The van der Waals surface area contributed by atoms with Crippen LogP contribution < -0.4 is 10.6 Å². The lowest BCUT2D eigenvalue weighted by atomic mass is 9.98. The second kappa shape index (κ2) is 10.3. The number of anilines is 1. The van der Waals surface area contributed by atoms with Gasteiger partial charge in [-0.05, 0) is 56.2 Å². The van der Waals surface area contributed by atoms with Crippen molar-refractivity contribution in [3.8, 4) is 11.1 Å². The van der Waals surface area contributed by atoms with E-state index in [1.54, 1.807) is 26.0 Å². The smallest absolute Gasteiger partial charge is 0.407 e. The minimum Gasteiger partial charge on any atom is -0.478 e. The summed E-state index contributed by atoms with van der Waals surface area (Å²) in [6.45, 7) is 3.69. The molecule has 1 unspecified atom stereocenters. The minimum absolute atomic E-state index is 0.0589. The highest BCUT2D eigenvalue weighted by Gasteiger charge is 2.31. The molecule has 3 aromatic carbocycles. The van der Waals surface area contributed by atoms with Crippen molar-refractivity contribution in [3.05, 3.63) is 87.9 Å². The molecule has 7 nitrogen and oxygen atoms in total. The van der Waals surface area contributed by atoms with Crippen molar-refractivity contribution in [3.63, 3.8) is 0 Å². The summed E-state index contributed by atoms with van der Waals surface area (Å²) in [4.78, 5) is 37.3. The molecule has 0 spiro atoms. The van der Waals surface area contributed by atoms with Crippen LogP contribution in [-0.2, 0) is 9.53 Å². The Labute approximate surface area is 211 Å². The molecule has 0 fully saturated rings. The predicted molar refractivity (Wildman–Crippen MR) is 137 cm³/mol. The fraction of sp³-hybridized carbons (Fsp3) is 0.222. The second-order valence-corrected chi connectivity index (χ2v) is 9.50. The van der Waals surface area contributed by atoms with Gasteiger partial charge in [0.15, 0.2) is 0 Å². The monoisotopic (exact) mass is 536 g/mol. The number of carbonyl (C=O) groups is 3. The van der Waals surface area contributed by atoms with Gasteiger partial charge in [0.25, 0.3) is 0 Å². The van der Waals surface area contributed by atoms with Crippen LogP contribution >= 0.6 is 15.9 Å². The molecule has 2 amide bonds. The number of alkyl carbamates (subject to hydrolysis) is 1. The number of hydrogen-bond donors (Lipinski definition) is 3. The molecule has 0 saturated heterocycles. The van der Waals surface area contributed by atoms with E-state index < -0.39 is 24.0 Å². The standard InChI is InChI=1S/C27H25BrN2O5/c1-15(2)23(25(31)29-24-20(26(32)33)12-7-13-22(24)28)30-27(34)35-14-21-18-10-5-3-8-16(18)17-9-4-6-11-19(17)21/h3-13,15,21,23H,14H2,1-2H3,(H,29,31)(H,30,34)(H,32,33). The summed E-state index contributed by atoms with van der Waals surface area (Å²) in [6, 6.07) is 19.7. The maximum absolute atomic E-state index is 13.0. The van der Waals surface area contributed by atoms with Crippen LogP contribution in [0.25, 0.3) is 11.1 Å². The summed E-state index contributed by atoms with van der Waals surface area (Å²) in [6.07, 6.45) is -0.716. The van der Waals surface area contributed by atoms with Crippen LogP contribution in [0.3, 0.4) is 0 Å². The molecule has 3 N–H and O–H groups in total. The Morgan fingerprint density at radius 3 is 2.11 bits per heavy atom. The van der Waals surface area contributed by atoms with Crippen LogP contribution in [0, 0.1) is 5.92 Å². The molecule has 0 aromatic heterocycles. The van der Waals surface area contributed by atoms with Crippen molar-refractivity contribution in [2.75, 3.05) is 11.9 Å². The molecule has 1 aliphatic carbocycles. The highest BCUT2D eigenvalue weighted by atomic mass is 79.9. The third-order valence-electron chi connectivity index (χ3n) is 6.06. The van der Waals surface area contributed by atoms with E-state index in [1.165, 1.54) is 6.07 Å². The normalized spacial score (nSPS) is 13.0. The highest BCUT2D eigenvalue weighted by molar-refractivity contribution is 9.10. The topological polar surface area (TPSA) is 105 Å². The summed E-state index contributed by atoms with van der Waals surface area (Å²) in [7, 11) is 0. The Bertz CT molecular complexity index is 1240. The van der Waals surface area contributed by atoms with Gasteiger partial charge in [0, 0.05) is 10.4 Å². The molecule has 0 heterocycles. The largest absolute Gasteiger partial charge is 0.478 e. The molecule has 35 heavy (non-hydrogen) atoms. The zero-order valence-corrected chi connectivity index (χ0v) is 20.8. The van der Waals surface area contributed by atoms with E-state index in [9.17, 15) is 19.5 Å². The first-order valence-corrected chi connectivity index (χ1v) is 12.0. The fourth-order valence-corrected chi connectivity index (χ4v) is 4.80. The highest BCUT2D eigenvalue weighted by Crippen LogP contribution is 2.44. The number of ether oxygens (including phenoxy) is 1. The van der Waals surface area contributed by atoms with Crippen LogP contribution in [0.4, 0.5) is 10.5 Å². The number of nitrogens with one attached hydrogen (secondary N) is 2. The van der Waals surface area contributed by atoms with Crippen LogP contribution in [0.5, 0.6) is 0 Å². The number of hydrogen-bond acceptors (Lipinski definition) is 4. The zero-order chi connectivity index (χ0) is 25.1. The van der Waals surface area contributed by atoms with Gasteiger partial charge in [-0.15, -0.1) is 0 Å². The number of para-hydroxylation sites is 1. The first kappa shape index (κ1) is 24.5. The van der Waals surface area contributed by atoms with E-state index in [2.05, 4.69) is 38.7 Å². The van der Waals surface area contributed by atoms with Gasteiger partial charge in [0.05, 0.1) is 11.3 Å². The van der Waals surface area contributed by atoms with Gasteiger partial charge >= 0.3 is 12.1 Å². The average Bonchev–Trinajstić information content (AvgIpc) is 3.15. The molecule has 1 atom stereocenters. The minimum atomic E-state index is -1.17. The summed E-state index contributed by atoms with van der Waals surface area (Å²) in [5.74, 6) is -2.08. The number of benzene rings is 3.